The van der Waals surface area contributed by atoms with Crippen LogP contribution in [0.5, 0.6) is 0 Å². The SMILES string of the molecule is CCc1nnsc1C(=O)N1C[C@H](CC)[C@H](N2CCOCC2)C1. The second-order valence-corrected chi connectivity index (χ2v) is 6.75. The minimum absolute atomic E-state index is 0.112. The van der Waals surface area contributed by atoms with E-state index in [2.05, 4.69) is 21.4 Å². The third-order valence-electron chi connectivity index (χ3n) is 4.82. The summed E-state index contributed by atoms with van der Waals surface area (Å²) in [6.45, 7) is 9.47. The molecule has 3 rings (SSSR count). The zero-order valence-electron chi connectivity index (χ0n) is 13.3. The summed E-state index contributed by atoms with van der Waals surface area (Å²) in [4.78, 5) is 18.0. The lowest BCUT2D eigenvalue weighted by molar-refractivity contribution is 0.0103. The number of aromatic nitrogens is 2. The summed E-state index contributed by atoms with van der Waals surface area (Å²) >= 11 is 1.23. The number of amides is 1. The first-order chi connectivity index (χ1) is 10.7. The lowest BCUT2D eigenvalue weighted by Crippen LogP contribution is -2.47. The average Bonchev–Trinajstić information content (AvgIpc) is 3.21. The molecule has 6 nitrogen and oxygen atoms in total. The Labute approximate surface area is 135 Å². The second-order valence-electron chi connectivity index (χ2n) is 6.00. The molecule has 0 aromatic carbocycles. The van der Waals surface area contributed by atoms with Crippen molar-refractivity contribution < 1.29 is 9.53 Å². The van der Waals surface area contributed by atoms with Crippen LogP contribution in [0.4, 0.5) is 0 Å². The molecule has 0 saturated carbocycles. The molecule has 0 aliphatic carbocycles. The highest BCUT2D eigenvalue weighted by Crippen LogP contribution is 2.28. The number of rotatable bonds is 4. The summed E-state index contributed by atoms with van der Waals surface area (Å²) in [5.74, 6) is 0.661. The fraction of sp³-hybridized carbons (Fsp3) is 0.800. The van der Waals surface area contributed by atoms with E-state index in [0.717, 1.165) is 62.8 Å². The van der Waals surface area contributed by atoms with Gasteiger partial charge in [-0.2, -0.15) is 0 Å². The van der Waals surface area contributed by atoms with Gasteiger partial charge in [-0.15, -0.1) is 5.10 Å². The van der Waals surface area contributed by atoms with E-state index >= 15 is 0 Å². The molecule has 2 aliphatic rings. The van der Waals surface area contributed by atoms with Crippen LogP contribution in [0.3, 0.4) is 0 Å². The van der Waals surface area contributed by atoms with Gasteiger partial charge in [-0.3, -0.25) is 9.69 Å². The molecule has 2 fully saturated rings. The lowest BCUT2D eigenvalue weighted by atomic mass is 9.99. The normalized spacial score (nSPS) is 26.5. The summed E-state index contributed by atoms with van der Waals surface area (Å²) in [6.07, 6.45) is 1.86. The minimum atomic E-state index is 0.112. The van der Waals surface area contributed by atoms with Gasteiger partial charge < -0.3 is 9.64 Å². The zero-order chi connectivity index (χ0) is 15.5. The Morgan fingerprint density at radius 2 is 2.09 bits per heavy atom. The molecule has 0 radical (unpaired) electrons. The van der Waals surface area contributed by atoms with E-state index < -0.39 is 0 Å². The Kier molecular flexibility index (Phi) is 5.05. The second kappa shape index (κ2) is 7.02. The Balaban J connectivity index is 1.72. The molecule has 0 spiro atoms. The molecule has 22 heavy (non-hydrogen) atoms. The van der Waals surface area contributed by atoms with Gasteiger partial charge in [0.2, 0.25) is 0 Å². The van der Waals surface area contributed by atoms with E-state index in [0.29, 0.717) is 12.0 Å². The van der Waals surface area contributed by atoms with Crippen molar-refractivity contribution in [1.29, 1.82) is 0 Å². The van der Waals surface area contributed by atoms with Crippen molar-refractivity contribution in [3.63, 3.8) is 0 Å². The first-order valence-corrected chi connectivity index (χ1v) is 8.94. The Morgan fingerprint density at radius 3 is 2.77 bits per heavy atom. The first-order valence-electron chi connectivity index (χ1n) is 8.16. The summed E-state index contributed by atoms with van der Waals surface area (Å²) in [6, 6.07) is 0.462. The third-order valence-corrected chi connectivity index (χ3v) is 5.57. The van der Waals surface area contributed by atoms with Crippen molar-refractivity contribution in [3.05, 3.63) is 10.6 Å². The van der Waals surface area contributed by atoms with Gasteiger partial charge in [0.25, 0.3) is 5.91 Å². The molecule has 1 aromatic rings. The van der Waals surface area contributed by atoms with Crippen LogP contribution in [-0.4, -0.2) is 70.7 Å². The summed E-state index contributed by atoms with van der Waals surface area (Å²) in [5, 5.41) is 4.07. The molecule has 1 amide bonds. The van der Waals surface area contributed by atoms with E-state index in [4.69, 9.17) is 4.74 Å². The summed E-state index contributed by atoms with van der Waals surface area (Å²) in [5.41, 5.74) is 0.831. The van der Waals surface area contributed by atoms with Crippen molar-refractivity contribution in [1.82, 2.24) is 19.4 Å². The largest absolute Gasteiger partial charge is 0.379 e. The van der Waals surface area contributed by atoms with E-state index in [1.165, 1.54) is 11.5 Å². The monoisotopic (exact) mass is 324 g/mol. The van der Waals surface area contributed by atoms with E-state index in [-0.39, 0.29) is 5.91 Å². The van der Waals surface area contributed by atoms with Crippen LogP contribution >= 0.6 is 11.5 Å². The van der Waals surface area contributed by atoms with Gasteiger partial charge in [0.15, 0.2) is 0 Å². The number of aryl methyl sites for hydroxylation is 1. The fourth-order valence-electron chi connectivity index (χ4n) is 3.49. The average molecular weight is 324 g/mol. The van der Waals surface area contributed by atoms with Crippen molar-refractivity contribution in [2.24, 2.45) is 5.92 Å². The molecule has 7 heteroatoms. The quantitative estimate of drug-likeness (QED) is 0.835. The molecule has 2 atom stereocenters. The van der Waals surface area contributed by atoms with Crippen LogP contribution in [-0.2, 0) is 11.2 Å². The predicted molar refractivity (Wildman–Crippen MR) is 85.2 cm³/mol. The Bertz CT molecular complexity index is 515. The molecule has 3 heterocycles. The van der Waals surface area contributed by atoms with Gasteiger partial charge in [0.1, 0.15) is 4.88 Å². The van der Waals surface area contributed by atoms with Crippen LogP contribution in [0.25, 0.3) is 0 Å². The number of carbonyl (C=O) groups is 1. The van der Waals surface area contributed by atoms with Gasteiger partial charge in [-0.1, -0.05) is 24.8 Å². The summed E-state index contributed by atoms with van der Waals surface area (Å²) in [7, 11) is 0. The predicted octanol–water partition coefficient (Wildman–Crippen LogP) is 1.28. The molecule has 122 valence electrons. The number of hydrogen-bond donors (Lipinski definition) is 0. The molecule has 1 aromatic heterocycles. The van der Waals surface area contributed by atoms with Crippen molar-refractivity contribution in [2.75, 3.05) is 39.4 Å². The maximum atomic E-state index is 12.8. The smallest absolute Gasteiger partial charge is 0.267 e. The molecule has 2 aliphatic heterocycles. The molecule has 0 bridgehead atoms. The van der Waals surface area contributed by atoms with E-state index in [1.807, 2.05) is 11.8 Å². The zero-order valence-corrected chi connectivity index (χ0v) is 14.1. The maximum Gasteiger partial charge on any atom is 0.267 e. The van der Waals surface area contributed by atoms with Crippen molar-refractivity contribution in [2.45, 2.75) is 32.7 Å². The highest BCUT2D eigenvalue weighted by Gasteiger charge is 2.39. The Morgan fingerprint density at radius 1 is 1.32 bits per heavy atom. The van der Waals surface area contributed by atoms with Gasteiger partial charge in [-0.05, 0) is 23.9 Å². The van der Waals surface area contributed by atoms with Crippen LogP contribution in [0.15, 0.2) is 0 Å². The van der Waals surface area contributed by atoms with Crippen LogP contribution in [0.2, 0.25) is 0 Å². The molecular formula is C15H24N4O2S. The minimum Gasteiger partial charge on any atom is -0.379 e. The summed E-state index contributed by atoms with van der Waals surface area (Å²) < 4.78 is 9.41. The molecule has 0 unspecified atom stereocenters. The van der Waals surface area contributed by atoms with Gasteiger partial charge in [0, 0.05) is 32.2 Å². The number of morpholine rings is 1. The van der Waals surface area contributed by atoms with Crippen LogP contribution in [0, 0.1) is 5.92 Å². The highest BCUT2D eigenvalue weighted by molar-refractivity contribution is 7.08. The van der Waals surface area contributed by atoms with Gasteiger partial charge in [0.05, 0.1) is 18.9 Å². The van der Waals surface area contributed by atoms with Gasteiger partial charge >= 0.3 is 0 Å². The molecule has 2 saturated heterocycles. The van der Waals surface area contributed by atoms with Crippen molar-refractivity contribution >= 4 is 17.4 Å². The first kappa shape index (κ1) is 15.8. The van der Waals surface area contributed by atoms with Crippen molar-refractivity contribution in [3.8, 4) is 0 Å². The number of nitrogens with zero attached hydrogens (tertiary/aromatic N) is 4. The highest BCUT2D eigenvalue weighted by atomic mass is 32.1. The van der Waals surface area contributed by atoms with Gasteiger partial charge in [-0.25, -0.2) is 0 Å². The van der Waals surface area contributed by atoms with E-state index in [9.17, 15) is 4.79 Å². The fourth-order valence-corrected chi connectivity index (χ4v) is 4.21. The van der Waals surface area contributed by atoms with E-state index in [1.54, 1.807) is 0 Å². The molecular weight excluding hydrogens is 300 g/mol. The number of hydrogen-bond acceptors (Lipinski definition) is 6. The third kappa shape index (κ3) is 3.02. The Hall–Kier alpha value is -1.05. The topological polar surface area (TPSA) is 58.6 Å². The van der Waals surface area contributed by atoms with Crippen LogP contribution in [0.1, 0.15) is 35.6 Å². The maximum absolute atomic E-state index is 12.8. The number of carbonyl (C=O) groups excluding carboxylic acids is 1. The molecule has 0 N–H and O–H groups in total. The standard InChI is InChI=1S/C15H24N4O2S/c1-3-11-9-19(10-13(11)18-5-7-21-8-6-18)15(20)14-12(4-2)16-17-22-14/h11,13H,3-10H2,1-2H3/t11-,13+/m0/s1. The number of likely N-dealkylation sites (tertiary alicyclic amines) is 1. The lowest BCUT2D eigenvalue weighted by Gasteiger charge is -2.34. The number of ether oxygens (including phenoxy) is 1. The van der Waals surface area contributed by atoms with Crippen LogP contribution < -0.4 is 0 Å².